The number of carbonyl (C=O) groups is 2. The second kappa shape index (κ2) is 4.67. The van der Waals surface area contributed by atoms with Crippen LogP contribution in [0.15, 0.2) is 48.5 Å². The number of benzene rings is 2. The Morgan fingerprint density at radius 2 is 1.74 bits per heavy atom. The summed E-state index contributed by atoms with van der Waals surface area (Å²) < 4.78 is 6.05. The molecule has 5 nitrogen and oxygen atoms in total. The highest BCUT2D eigenvalue weighted by molar-refractivity contribution is 6.13. The summed E-state index contributed by atoms with van der Waals surface area (Å²) in [6, 6.07) is 15.0. The molecule has 116 valence electrons. The number of hydrogen-bond acceptors (Lipinski definition) is 3. The highest BCUT2D eigenvalue weighted by Gasteiger charge is 2.58. The Kier molecular flexibility index (Phi) is 2.83. The number of nitrogens with zero attached hydrogens (tertiary/aromatic N) is 2. The standard InChI is InChI=1S/C18H16N2O3/c1-12(21)20-15-9-5-3-7-13(15)11-23-18(20)14-8-4-6-10-16(14)19(2)17(18)22/h3-10H,11H2,1-2H3. The second-order valence-electron chi connectivity index (χ2n) is 5.80. The number of ether oxygens (including phenoxy) is 1. The molecule has 2 aliphatic heterocycles. The monoisotopic (exact) mass is 308 g/mol. The number of carbonyl (C=O) groups excluding carboxylic acids is 2. The van der Waals surface area contributed by atoms with Crippen molar-refractivity contribution in [3.8, 4) is 0 Å². The van der Waals surface area contributed by atoms with Crippen molar-refractivity contribution < 1.29 is 14.3 Å². The lowest BCUT2D eigenvalue weighted by Crippen LogP contribution is -2.58. The minimum Gasteiger partial charge on any atom is -0.338 e. The topological polar surface area (TPSA) is 49.9 Å². The third kappa shape index (κ3) is 1.65. The van der Waals surface area contributed by atoms with Crippen molar-refractivity contribution >= 4 is 23.2 Å². The van der Waals surface area contributed by atoms with Gasteiger partial charge >= 0.3 is 0 Å². The van der Waals surface area contributed by atoms with Crippen molar-refractivity contribution in [3.63, 3.8) is 0 Å². The van der Waals surface area contributed by atoms with E-state index in [1.54, 1.807) is 11.9 Å². The van der Waals surface area contributed by atoms with Crippen LogP contribution in [0.25, 0.3) is 0 Å². The number of para-hydroxylation sites is 2. The maximum Gasteiger partial charge on any atom is 0.285 e. The Morgan fingerprint density at radius 1 is 1.09 bits per heavy atom. The predicted molar refractivity (Wildman–Crippen MR) is 85.9 cm³/mol. The molecule has 2 aromatic rings. The average Bonchev–Trinajstić information content (AvgIpc) is 2.78. The molecule has 0 bridgehead atoms. The summed E-state index contributed by atoms with van der Waals surface area (Å²) in [6.07, 6.45) is 0. The quantitative estimate of drug-likeness (QED) is 0.751. The summed E-state index contributed by atoms with van der Waals surface area (Å²) in [5, 5.41) is 0. The van der Waals surface area contributed by atoms with Gasteiger partial charge in [0.25, 0.3) is 11.6 Å². The van der Waals surface area contributed by atoms with Gasteiger partial charge in [0.1, 0.15) is 0 Å². The first-order valence-corrected chi connectivity index (χ1v) is 7.47. The fourth-order valence-corrected chi connectivity index (χ4v) is 3.52. The highest BCUT2D eigenvalue weighted by Crippen LogP contribution is 2.49. The fourth-order valence-electron chi connectivity index (χ4n) is 3.52. The maximum atomic E-state index is 13.1. The van der Waals surface area contributed by atoms with E-state index in [0.29, 0.717) is 5.56 Å². The Morgan fingerprint density at radius 3 is 2.48 bits per heavy atom. The first kappa shape index (κ1) is 14.0. The predicted octanol–water partition coefficient (Wildman–Crippen LogP) is 2.40. The fraction of sp³-hybridized carbons (Fsp3) is 0.222. The lowest BCUT2D eigenvalue weighted by Gasteiger charge is -2.43. The van der Waals surface area contributed by atoms with Gasteiger partial charge in [-0.3, -0.25) is 14.5 Å². The van der Waals surface area contributed by atoms with Crippen LogP contribution in [0.1, 0.15) is 18.1 Å². The first-order chi connectivity index (χ1) is 11.1. The Balaban J connectivity index is 2.01. The molecule has 0 N–H and O–H groups in total. The van der Waals surface area contributed by atoms with E-state index in [1.165, 1.54) is 11.8 Å². The zero-order chi connectivity index (χ0) is 16.2. The van der Waals surface area contributed by atoms with Gasteiger partial charge in [-0.1, -0.05) is 36.4 Å². The summed E-state index contributed by atoms with van der Waals surface area (Å²) in [5.41, 5.74) is 1.68. The molecule has 2 aromatic carbocycles. The number of amides is 2. The minimum absolute atomic E-state index is 0.226. The van der Waals surface area contributed by atoms with Gasteiger partial charge in [0, 0.05) is 25.1 Å². The molecule has 1 spiro atoms. The number of fused-ring (bicyclic) bond motifs is 3. The minimum atomic E-state index is -1.41. The van der Waals surface area contributed by atoms with Gasteiger partial charge in [-0.15, -0.1) is 0 Å². The van der Waals surface area contributed by atoms with Crippen LogP contribution in [0.3, 0.4) is 0 Å². The van der Waals surface area contributed by atoms with E-state index in [2.05, 4.69) is 0 Å². The van der Waals surface area contributed by atoms with E-state index >= 15 is 0 Å². The Bertz CT molecular complexity index is 833. The molecule has 2 aliphatic rings. The van der Waals surface area contributed by atoms with Crippen LogP contribution in [0.2, 0.25) is 0 Å². The molecule has 0 radical (unpaired) electrons. The summed E-state index contributed by atoms with van der Waals surface area (Å²) in [5.74, 6) is -0.473. The van der Waals surface area contributed by atoms with Gasteiger partial charge in [-0.2, -0.15) is 0 Å². The molecule has 2 amide bonds. The molecule has 0 aliphatic carbocycles. The first-order valence-electron chi connectivity index (χ1n) is 7.47. The number of anilines is 2. The zero-order valence-electron chi connectivity index (χ0n) is 12.9. The number of likely N-dealkylation sites (N-methyl/N-ethyl adjacent to an activating group) is 1. The van der Waals surface area contributed by atoms with Gasteiger partial charge < -0.3 is 9.64 Å². The maximum absolute atomic E-state index is 13.1. The van der Waals surface area contributed by atoms with E-state index in [1.807, 2.05) is 48.5 Å². The Labute approximate surface area is 134 Å². The molecule has 0 fully saturated rings. The van der Waals surface area contributed by atoms with Gasteiger partial charge in [-0.05, 0) is 12.1 Å². The van der Waals surface area contributed by atoms with E-state index in [4.69, 9.17) is 4.74 Å². The molecule has 4 rings (SSSR count). The molecule has 5 heteroatoms. The van der Waals surface area contributed by atoms with Crippen LogP contribution in [0.5, 0.6) is 0 Å². The molecule has 0 aromatic heterocycles. The molecule has 2 heterocycles. The van der Waals surface area contributed by atoms with Crippen LogP contribution < -0.4 is 9.80 Å². The van der Waals surface area contributed by atoms with E-state index < -0.39 is 5.72 Å². The number of rotatable bonds is 0. The number of hydrogen-bond donors (Lipinski definition) is 0. The van der Waals surface area contributed by atoms with Crippen LogP contribution in [0, 0.1) is 0 Å². The summed E-state index contributed by atoms with van der Waals surface area (Å²) >= 11 is 0. The van der Waals surface area contributed by atoms with Gasteiger partial charge in [-0.25, -0.2) is 0 Å². The van der Waals surface area contributed by atoms with Crippen LogP contribution in [-0.2, 0) is 26.7 Å². The van der Waals surface area contributed by atoms with Gasteiger partial charge in [0.05, 0.1) is 18.0 Å². The average molecular weight is 308 g/mol. The third-order valence-electron chi connectivity index (χ3n) is 4.52. The summed E-state index contributed by atoms with van der Waals surface area (Å²) in [7, 11) is 1.71. The van der Waals surface area contributed by atoms with Crippen molar-refractivity contribution in [3.05, 3.63) is 59.7 Å². The van der Waals surface area contributed by atoms with Crippen LogP contribution in [0.4, 0.5) is 11.4 Å². The summed E-state index contributed by atoms with van der Waals surface area (Å²) in [4.78, 5) is 28.6. The molecule has 1 unspecified atom stereocenters. The van der Waals surface area contributed by atoms with E-state index in [9.17, 15) is 9.59 Å². The van der Waals surface area contributed by atoms with Gasteiger partial charge in [0.15, 0.2) is 0 Å². The smallest absolute Gasteiger partial charge is 0.285 e. The lowest BCUT2D eigenvalue weighted by atomic mass is 9.97. The lowest BCUT2D eigenvalue weighted by molar-refractivity contribution is -0.152. The second-order valence-corrected chi connectivity index (χ2v) is 5.80. The molecular formula is C18H16N2O3. The normalized spacial score (nSPS) is 22.3. The zero-order valence-corrected chi connectivity index (χ0v) is 12.9. The largest absolute Gasteiger partial charge is 0.338 e. The van der Waals surface area contributed by atoms with Crippen molar-refractivity contribution in [2.75, 3.05) is 16.8 Å². The van der Waals surface area contributed by atoms with Crippen LogP contribution in [-0.4, -0.2) is 18.9 Å². The van der Waals surface area contributed by atoms with E-state index in [0.717, 1.165) is 16.9 Å². The molecular weight excluding hydrogens is 292 g/mol. The van der Waals surface area contributed by atoms with E-state index in [-0.39, 0.29) is 18.4 Å². The summed E-state index contributed by atoms with van der Waals surface area (Å²) in [6.45, 7) is 1.75. The van der Waals surface area contributed by atoms with Crippen molar-refractivity contribution in [1.29, 1.82) is 0 Å². The molecule has 23 heavy (non-hydrogen) atoms. The molecule has 0 saturated carbocycles. The SMILES string of the molecule is CC(=O)N1c2ccccc2COC12C(=O)N(C)c1ccccc12. The van der Waals surface area contributed by atoms with Gasteiger partial charge in [0.2, 0.25) is 5.91 Å². The Hall–Kier alpha value is -2.66. The molecule has 1 atom stereocenters. The highest BCUT2D eigenvalue weighted by atomic mass is 16.5. The van der Waals surface area contributed by atoms with Crippen molar-refractivity contribution in [1.82, 2.24) is 0 Å². The third-order valence-corrected chi connectivity index (χ3v) is 4.52. The molecule has 0 saturated heterocycles. The van der Waals surface area contributed by atoms with Crippen LogP contribution >= 0.6 is 0 Å². The van der Waals surface area contributed by atoms with Crippen molar-refractivity contribution in [2.45, 2.75) is 19.3 Å². The van der Waals surface area contributed by atoms with Crippen molar-refractivity contribution in [2.24, 2.45) is 0 Å².